The summed E-state index contributed by atoms with van der Waals surface area (Å²) in [4.78, 5) is 7.80. The van der Waals surface area contributed by atoms with Gasteiger partial charge in [0.1, 0.15) is 0 Å². The van der Waals surface area contributed by atoms with Crippen molar-refractivity contribution in [3.8, 4) is 0 Å². The molecule has 2 aromatic carbocycles. The molecule has 0 spiro atoms. The van der Waals surface area contributed by atoms with E-state index in [1.807, 2.05) is 31.5 Å². The van der Waals surface area contributed by atoms with Gasteiger partial charge in [-0.3, -0.25) is 9.89 Å². The molecule has 2 heterocycles. The second-order valence-electron chi connectivity index (χ2n) is 9.44. The van der Waals surface area contributed by atoms with Crippen LogP contribution in [-0.4, -0.2) is 55.9 Å². The molecule has 5 N–H and O–H groups in total. The lowest BCUT2D eigenvalue weighted by molar-refractivity contribution is 0.151. The van der Waals surface area contributed by atoms with E-state index in [1.54, 1.807) is 6.07 Å². The number of piperidine rings is 1. The zero-order valence-electron chi connectivity index (χ0n) is 19.6. The number of anilines is 2. The molecule has 3 aliphatic rings. The van der Waals surface area contributed by atoms with Crippen LogP contribution in [0, 0.1) is 0 Å². The summed E-state index contributed by atoms with van der Waals surface area (Å²) in [5.41, 5.74) is 12.4. The molecule has 1 saturated heterocycles. The van der Waals surface area contributed by atoms with Crippen LogP contribution in [-0.2, 0) is 12.8 Å². The number of hydrogen-bond acceptors (Lipinski definition) is 7. The van der Waals surface area contributed by atoms with Crippen molar-refractivity contribution < 1.29 is 3.89 Å². The van der Waals surface area contributed by atoms with Gasteiger partial charge >= 0.3 is 0 Å². The number of para-hydroxylation sites is 1. The number of nitrogen functional groups attached to an aromatic ring is 1. The van der Waals surface area contributed by atoms with E-state index < -0.39 is 0 Å². The van der Waals surface area contributed by atoms with Gasteiger partial charge in [0.25, 0.3) is 0 Å². The zero-order valence-corrected chi connectivity index (χ0v) is 20.4. The van der Waals surface area contributed by atoms with Gasteiger partial charge in [-0.05, 0) is 79.9 Å². The van der Waals surface area contributed by atoms with Crippen molar-refractivity contribution in [2.45, 2.75) is 48.7 Å². The predicted octanol–water partition coefficient (Wildman–Crippen LogP) is 4.07. The lowest BCUT2D eigenvalue weighted by atomic mass is 10.0. The van der Waals surface area contributed by atoms with Crippen LogP contribution in [0.5, 0.6) is 0 Å². The Morgan fingerprint density at radius 2 is 2.06 bits per heavy atom. The number of rotatable bonds is 7. The Morgan fingerprint density at radius 3 is 2.85 bits per heavy atom. The smallest absolute Gasteiger partial charge is 0.0870 e. The molecule has 0 amide bonds. The summed E-state index contributed by atoms with van der Waals surface area (Å²) in [7, 11) is 1.94. The molecule has 34 heavy (non-hydrogen) atoms. The normalized spacial score (nSPS) is 22.8. The summed E-state index contributed by atoms with van der Waals surface area (Å²) in [5.74, 6) is 0. The maximum Gasteiger partial charge on any atom is 0.0870 e. The van der Waals surface area contributed by atoms with Gasteiger partial charge in [-0.2, -0.15) is 3.89 Å². The van der Waals surface area contributed by atoms with Crippen molar-refractivity contribution in [3.63, 3.8) is 0 Å². The van der Waals surface area contributed by atoms with Crippen LogP contribution in [0.25, 0.3) is 0 Å². The number of nitrogens with one attached hydrogen (secondary N) is 3. The molecule has 5 rings (SSSR count). The maximum absolute atomic E-state index is 13.4. The number of nitrogens with zero attached hydrogens (tertiary/aromatic N) is 2. The van der Waals surface area contributed by atoms with Crippen LogP contribution < -0.4 is 21.7 Å². The molecule has 2 atom stereocenters. The molecule has 0 aromatic heterocycles. The van der Waals surface area contributed by atoms with Crippen molar-refractivity contribution in [1.29, 1.82) is 0 Å². The first-order chi connectivity index (χ1) is 16.6. The van der Waals surface area contributed by atoms with E-state index in [2.05, 4.69) is 44.2 Å². The van der Waals surface area contributed by atoms with Gasteiger partial charge in [0.05, 0.1) is 34.5 Å². The summed E-state index contributed by atoms with van der Waals surface area (Å²) < 4.78 is 13.4. The van der Waals surface area contributed by atoms with Gasteiger partial charge < -0.3 is 21.7 Å². The average molecular weight is 481 g/mol. The Labute approximate surface area is 205 Å². The molecule has 8 heteroatoms. The third-order valence-corrected chi connectivity index (χ3v) is 7.73. The summed E-state index contributed by atoms with van der Waals surface area (Å²) in [6.45, 7) is 2.93. The summed E-state index contributed by atoms with van der Waals surface area (Å²) >= 11 is 0.256. The van der Waals surface area contributed by atoms with E-state index in [9.17, 15) is 3.89 Å². The molecule has 6 nitrogen and oxygen atoms in total. The van der Waals surface area contributed by atoms with Crippen LogP contribution in [0.1, 0.15) is 24.0 Å². The molecule has 0 saturated carbocycles. The maximum atomic E-state index is 13.4. The molecule has 2 aromatic rings. The van der Waals surface area contributed by atoms with Crippen LogP contribution in [0.15, 0.2) is 58.1 Å². The number of nitrogens with two attached hydrogens (primary N) is 1. The van der Waals surface area contributed by atoms with Crippen LogP contribution in [0.3, 0.4) is 0 Å². The number of aliphatic imine (C=N–C) groups is 1. The topological polar surface area (TPSA) is 77.7 Å². The monoisotopic (exact) mass is 480 g/mol. The summed E-state index contributed by atoms with van der Waals surface area (Å²) in [6, 6.07) is 12.8. The number of likely N-dealkylation sites (tertiary alicyclic amines) is 1. The van der Waals surface area contributed by atoms with Gasteiger partial charge in [-0.25, -0.2) is 0 Å². The molecule has 1 fully saturated rings. The second kappa shape index (κ2) is 10.4. The van der Waals surface area contributed by atoms with Gasteiger partial charge in [-0.15, -0.1) is 0 Å². The second-order valence-corrected chi connectivity index (χ2v) is 10.0. The van der Waals surface area contributed by atoms with Crippen molar-refractivity contribution in [3.05, 3.63) is 59.3 Å². The van der Waals surface area contributed by atoms with E-state index in [1.165, 1.54) is 11.1 Å². The number of hydrogen-bond donors (Lipinski definition) is 4. The van der Waals surface area contributed by atoms with Crippen molar-refractivity contribution in [2.75, 3.05) is 37.7 Å². The Hall–Kier alpha value is -2.55. The van der Waals surface area contributed by atoms with Gasteiger partial charge in [0.2, 0.25) is 0 Å². The predicted molar refractivity (Wildman–Crippen MR) is 141 cm³/mol. The van der Waals surface area contributed by atoms with Crippen LogP contribution in [0.2, 0.25) is 0 Å². The molecule has 2 unspecified atom stereocenters. The fourth-order valence-corrected chi connectivity index (χ4v) is 5.73. The quantitative estimate of drug-likeness (QED) is 0.448. The third kappa shape index (κ3) is 4.94. The van der Waals surface area contributed by atoms with Crippen molar-refractivity contribution in [2.24, 2.45) is 4.99 Å². The highest BCUT2D eigenvalue weighted by atomic mass is 32.2. The molecular formula is C26H33FN6S. The first-order valence-corrected chi connectivity index (χ1v) is 12.8. The SMILES string of the molecule is CNC/C(=C\NC1CCN(C2Cc3ccc(N)cc3C2)CC1)C1C=Nc2cccc(SF)c2N1. The van der Waals surface area contributed by atoms with E-state index in [4.69, 9.17) is 5.73 Å². The highest BCUT2D eigenvalue weighted by molar-refractivity contribution is 7.94. The number of halogens is 1. The lowest BCUT2D eigenvalue weighted by Gasteiger charge is -2.36. The van der Waals surface area contributed by atoms with Gasteiger partial charge in [0, 0.05) is 43.6 Å². The van der Waals surface area contributed by atoms with Gasteiger partial charge in [0.15, 0.2) is 0 Å². The Morgan fingerprint density at radius 1 is 1.24 bits per heavy atom. The fraction of sp³-hybridized carbons (Fsp3) is 0.423. The zero-order chi connectivity index (χ0) is 23.5. The average Bonchev–Trinajstić information content (AvgIpc) is 3.29. The fourth-order valence-electron chi connectivity index (χ4n) is 5.36. The van der Waals surface area contributed by atoms with E-state index >= 15 is 0 Å². The van der Waals surface area contributed by atoms with Gasteiger partial charge in [-0.1, -0.05) is 12.1 Å². The number of benzene rings is 2. The summed E-state index contributed by atoms with van der Waals surface area (Å²) in [6.07, 6.45) is 8.52. The number of likely N-dealkylation sites (N-methyl/N-ethyl adjacent to an activating group) is 1. The van der Waals surface area contributed by atoms with Crippen LogP contribution >= 0.6 is 12.1 Å². The molecule has 2 aliphatic heterocycles. The van der Waals surface area contributed by atoms with Crippen molar-refractivity contribution >= 4 is 35.4 Å². The van der Waals surface area contributed by atoms with E-state index in [0.717, 1.165) is 68.0 Å². The third-order valence-electron chi connectivity index (χ3n) is 7.22. The number of fused-ring (bicyclic) bond motifs is 2. The van der Waals surface area contributed by atoms with Crippen molar-refractivity contribution in [1.82, 2.24) is 15.5 Å². The Bertz CT molecular complexity index is 1080. The first-order valence-electron chi connectivity index (χ1n) is 12.1. The highest BCUT2D eigenvalue weighted by Gasteiger charge is 2.30. The van der Waals surface area contributed by atoms with E-state index in [-0.39, 0.29) is 18.2 Å². The lowest BCUT2D eigenvalue weighted by Crippen LogP contribution is -2.46. The highest BCUT2D eigenvalue weighted by Crippen LogP contribution is 2.38. The Kier molecular flexibility index (Phi) is 7.08. The molecule has 0 radical (unpaired) electrons. The first kappa shape index (κ1) is 23.2. The standard InChI is InChI=1S/C26H33FN6S/c1-29-14-19(24-16-31-23-3-2-4-25(34-27)26(23)32-24)15-30-21-7-9-33(10-8-21)22-12-17-5-6-20(28)11-18(17)13-22/h2-6,11,15-16,21-22,24,29-30,32H,7-10,12-14,28H2,1H3/b19-15+. The minimum Gasteiger partial charge on any atom is -0.399 e. The molecule has 0 bridgehead atoms. The van der Waals surface area contributed by atoms with Crippen LogP contribution in [0.4, 0.5) is 20.9 Å². The minimum atomic E-state index is -0.0785. The molecule has 180 valence electrons. The largest absolute Gasteiger partial charge is 0.399 e. The Balaban J connectivity index is 1.18. The minimum absolute atomic E-state index is 0.0785. The van der Waals surface area contributed by atoms with E-state index in [0.29, 0.717) is 17.0 Å². The summed E-state index contributed by atoms with van der Waals surface area (Å²) in [5, 5.41) is 10.4. The molecular weight excluding hydrogens is 447 g/mol. The molecule has 1 aliphatic carbocycles.